The maximum absolute atomic E-state index is 5.45. The number of pyridine rings is 1. The van der Waals surface area contributed by atoms with E-state index in [1.807, 2.05) is 24.3 Å². The highest BCUT2D eigenvalue weighted by Gasteiger charge is 2.00. The number of hydrogen-bond acceptors (Lipinski definition) is 3. The van der Waals surface area contributed by atoms with Crippen molar-refractivity contribution >= 4 is 5.88 Å². The number of aromatic nitrogens is 1. The van der Waals surface area contributed by atoms with Crippen LogP contribution in [-0.4, -0.2) is 4.98 Å². The standard InChI is InChI=1S/C10H10N2O/c11-10-5-4-9(13-10)7-8-3-1-2-6-12-8/h1-6H,7,11H2. The van der Waals surface area contributed by atoms with Crippen molar-refractivity contribution in [2.75, 3.05) is 5.73 Å². The molecule has 2 rings (SSSR count). The summed E-state index contributed by atoms with van der Waals surface area (Å²) in [6.07, 6.45) is 2.46. The van der Waals surface area contributed by atoms with Crippen molar-refractivity contribution in [1.29, 1.82) is 0 Å². The zero-order valence-electron chi connectivity index (χ0n) is 7.10. The lowest BCUT2D eigenvalue weighted by atomic mass is 10.2. The molecule has 0 aliphatic rings. The van der Waals surface area contributed by atoms with E-state index in [0.29, 0.717) is 12.3 Å². The van der Waals surface area contributed by atoms with Gasteiger partial charge in [-0.25, -0.2) is 0 Å². The van der Waals surface area contributed by atoms with Crippen LogP contribution in [0.2, 0.25) is 0 Å². The first-order valence-corrected chi connectivity index (χ1v) is 4.09. The Kier molecular flexibility index (Phi) is 2.00. The topological polar surface area (TPSA) is 52.0 Å². The molecule has 0 amide bonds. The molecular formula is C10H10N2O. The predicted octanol–water partition coefficient (Wildman–Crippen LogP) is 1.85. The highest BCUT2D eigenvalue weighted by atomic mass is 16.3. The lowest BCUT2D eigenvalue weighted by Crippen LogP contribution is -1.88. The monoisotopic (exact) mass is 174 g/mol. The van der Waals surface area contributed by atoms with Crippen LogP contribution in [0.4, 0.5) is 5.88 Å². The highest BCUT2D eigenvalue weighted by molar-refractivity contribution is 5.27. The molecule has 0 radical (unpaired) electrons. The van der Waals surface area contributed by atoms with Crippen LogP contribution in [0, 0.1) is 0 Å². The Morgan fingerprint density at radius 2 is 2.15 bits per heavy atom. The molecule has 0 saturated carbocycles. The van der Waals surface area contributed by atoms with Crippen molar-refractivity contribution in [2.45, 2.75) is 6.42 Å². The quantitative estimate of drug-likeness (QED) is 0.755. The number of nitrogen functional groups attached to an aromatic ring is 1. The van der Waals surface area contributed by atoms with Crippen LogP contribution in [0.3, 0.4) is 0 Å². The van der Waals surface area contributed by atoms with E-state index in [-0.39, 0.29) is 0 Å². The number of hydrogen-bond donors (Lipinski definition) is 1. The van der Waals surface area contributed by atoms with Gasteiger partial charge in [-0.1, -0.05) is 6.07 Å². The summed E-state index contributed by atoms with van der Waals surface area (Å²) in [5.74, 6) is 1.29. The summed E-state index contributed by atoms with van der Waals surface area (Å²) in [4.78, 5) is 4.18. The van der Waals surface area contributed by atoms with Gasteiger partial charge < -0.3 is 10.2 Å². The van der Waals surface area contributed by atoms with Gasteiger partial charge in [0.25, 0.3) is 0 Å². The Hall–Kier alpha value is -1.77. The van der Waals surface area contributed by atoms with Crippen LogP contribution in [0.5, 0.6) is 0 Å². The van der Waals surface area contributed by atoms with Gasteiger partial charge in [-0.2, -0.15) is 0 Å². The fourth-order valence-corrected chi connectivity index (χ4v) is 1.17. The van der Waals surface area contributed by atoms with Crippen molar-refractivity contribution in [2.24, 2.45) is 0 Å². The minimum absolute atomic E-state index is 0.450. The van der Waals surface area contributed by atoms with Gasteiger partial charge in [0.15, 0.2) is 5.88 Å². The molecular weight excluding hydrogens is 164 g/mol. The number of rotatable bonds is 2. The van der Waals surface area contributed by atoms with E-state index < -0.39 is 0 Å². The van der Waals surface area contributed by atoms with Gasteiger partial charge in [-0.3, -0.25) is 4.98 Å². The maximum atomic E-state index is 5.45. The van der Waals surface area contributed by atoms with Gasteiger partial charge in [0.05, 0.1) is 0 Å². The van der Waals surface area contributed by atoms with E-state index in [2.05, 4.69) is 4.98 Å². The van der Waals surface area contributed by atoms with Gasteiger partial charge in [0.2, 0.25) is 0 Å². The number of furan rings is 1. The molecule has 0 bridgehead atoms. The Labute approximate surface area is 76.2 Å². The average molecular weight is 174 g/mol. The smallest absolute Gasteiger partial charge is 0.190 e. The number of anilines is 1. The molecule has 2 N–H and O–H groups in total. The minimum Gasteiger partial charge on any atom is -0.446 e. The second kappa shape index (κ2) is 3.31. The fraction of sp³-hybridized carbons (Fsp3) is 0.100. The molecule has 2 aromatic heterocycles. The molecule has 0 unspecified atom stereocenters. The average Bonchev–Trinajstić information content (AvgIpc) is 2.53. The molecule has 2 aromatic rings. The SMILES string of the molecule is Nc1ccc(Cc2ccccn2)o1. The lowest BCUT2D eigenvalue weighted by molar-refractivity contribution is 0.537. The molecule has 0 aromatic carbocycles. The molecule has 2 heterocycles. The summed E-state index contributed by atoms with van der Waals surface area (Å²) in [5, 5.41) is 0. The van der Waals surface area contributed by atoms with Crippen LogP contribution in [0.1, 0.15) is 11.5 Å². The maximum Gasteiger partial charge on any atom is 0.190 e. The molecule has 0 spiro atoms. The summed E-state index contributed by atoms with van der Waals surface area (Å²) in [6, 6.07) is 9.41. The second-order valence-corrected chi connectivity index (χ2v) is 2.80. The van der Waals surface area contributed by atoms with Gasteiger partial charge in [0.1, 0.15) is 5.76 Å². The Balaban J connectivity index is 2.15. The van der Waals surface area contributed by atoms with Gasteiger partial charge in [-0.15, -0.1) is 0 Å². The number of nitrogens with zero attached hydrogens (tertiary/aromatic N) is 1. The lowest BCUT2D eigenvalue weighted by Gasteiger charge is -1.95. The molecule has 0 fully saturated rings. The van der Waals surface area contributed by atoms with Crippen LogP contribution >= 0.6 is 0 Å². The van der Waals surface area contributed by atoms with Crippen molar-refractivity contribution < 1.29 is 4.42 Å². The zero-order chi connectivity index (χ0) is 9.10. The van der Waals surface area contributed by atoms with Crippen LogP contribution in [0.15, 0.2) is 40.9 Å². The molecule has 3 nitrogen and oxygen atoms in total. The Morgan fingerprint density at radius 3 is 2.77 bits per heavy atom. The fourth-order valence-electron chi connectivity index (χ4n) is 1.17. The van der Waals surface area contributed by atoms with Gasteiger partial charge in [0, 0.05) is 24.4 Å². The van der Waals surface area contributed by atoms with Gasteiger partial charge >= 0.3 is 0 Å². The van der Waals surface area contributed by atoms with Crippen molar-refractivity contribution in [3.8, 4) is 0 Å². The summed E-state index contributed by atoms with van der Waals surface area (Å²) < 4.78 is 5.23. The summed E-state index contributed by atoms with van der Waals surface area (Å²) in [5.41, 5.74) is 6.43. The largest absolute Gasteiger partial charge is 0.446 e. The zero-order valence-corrected chi connectivity index (χ0v) is 7.10. The van der Waals surface area contributed by atoms with Crippen molar-refractivity contribution in [3.05, 3.63) is 48.0 Å². The third-order valence-corrected chi connectivity index (χ3v) is 1.76. The van der Waals surface area contributed by atoms with Crippen LogP contribution in [-0.2, 0) is 6.42 Å². The molecule has 66 valence electrons. The molecule has 0 aliphatic heterocycles. The highest BCUT2D eigenvalue weighted by Crippen LogP contribution is 2.12. The number of nitrogens with two attached hydrogens (primary N) is 1. The second-order valence-electron chi connectivity index (χ2n) is 2.80. The van der Waals surface area contributed by atoms with E-state index in [4.69, 9.17) is 10.2 Å². The van der Waals surface area contributed by atoms with Crippen molar-refractivity contribution in [3.63, 3.8) is 0 Å². The normalized spacial score (nSPS) is 10.2. The predicted molar refractivity (Wildman–Crippen MR) is 50.2 cm³/mol. The summed E-state index contributed by atoms with van der Waals surface area (Å²) in [6.45, 7) is 0. The summed E-state index contributed by atoms with van der Waals surface area (Å²) in [7, 11) is 0. The first kappa shape index (κ1) is 7.86. The molecule has 0 saturated heterocycles. The molecule has 13 heavy (non-hydrogen) atoms. The molecule has 0 atom stereocenters. The first-order valence-electron chi connectivity index (χ1n) is 4.09. The molecule has 0 aliphatic carbocycles. The van der Waals surface area contributed by atoms with Crippen LogP contribution in [0.25, 0.3) is 0 Å². The Morgan fingerprint density at radius 1 is 1.23 bits per heavy atom. The van der Waals surface area contributed by atoms with Crippen LogP contribution < -0.4 is 5.73 Å². The summed E-state index contributed by atoms with van der Waals surface area (Å²) >= 11 is 0. The Bertz CT molecular complexity index is 381. The third kappa shape index (κ3) is 1.87. The van der Waals surface area contributed by atoms with E-state index in [0.717, 1.165) is 11.5 Å². The van der Waals surface area contributed by atoms with E-state index >= 15 is 0 Å². The van der Waals surface area contributed by atoms with E-state index in [1.54, 1.807) is 12.3 Å². The minimum atomic E-state index is 0.450. The van der Waals surface area contributed by atoms with E-state index in [1.165, 1.54) is 0 Å². The third-order valence-electron chi connectivity index (χ3n) is 1.76. The van der Waals surface area contributed by atoms with Crippen molar-refractivity contribution in [1.82, 2.24) is 4.98 Å². The van der Waals surface area contributed by atoms with E-state index in [9.17, 15) is 0 Å². The van der Waals surface area contributed by atoms with Gasteiger partial charge in [-0.05, 0) is 18.2 Å². The molecule has 3 heteroatoms. The first-order chi connectivity index (χ1) is 6.34.